The Kier molecular flexibility index (Phi) is 5.76. The van der Waals surface area contributed by atoms with Gasteiger partial charge in [-0.3, -0.25) is 14.6 Å². The molecule has 24 heavy (non-hydrogen) atoms. The van der Waals surface area contributed by atoms with E-state index < -0.39 is 6.10 Å². The molecule has 2 aliphatic rings. The maximum atomic E-state index is 12.2. The van der Waals surface area contributed by atoms with Gasteiger partial charge in [-0.2, -0.15) is 0 Å². The van der Waals surface area contributed by atoms with Crippen LogP contribution in [0.15, 0.2) is 24.3 Å². The van der Waals surface area contributed by atoms with E-state index in [9.17, 15) is 9.90 Å². The highest BCUT2D eigenvalue weighted by atomic mass is 35.5. The maximum absolute atomic E-state index is 12.2. The Bertz CT molecular complexity index is 571. The van der Waals surface area contributed by atoms with E-state index in [4.69, 9.17) is 11.6 Å². The second kappa shape index (κ2) is 7.83. The minimum absolute atomic E-state index is 0.0822. The number of aliphatic hydroxyl groups excluding tert-OH is 1. The third-order valence-corrected chi connectivity index (χ3v) is 5.30. The molecule has 1 saturated heterocycles. The van der Waals surface area contributed by atoms with Gasteiger partial charge in [0.25, 0.3) is 0 Å². The molecule has 0 aromatic heterocycles. The lowest BCUT2D eigenvalue weighted by Crippen LogP contribution is -2.54. The molecule has 0 unspecified atom stereocenters. The zero-order chi connectivity index (χ0) is 17.1. The van der Waals surface area contributed by atoms with Crippen LogP contribution in [0.2, 0.25) is 5.02 Å². The zero-order valence-electron chi connectivity index (χ0n) is 14.1. The van der Waals surface area contributed by atoms with Crippen molar-refractivity contribution in [1.29, 1.82) is 0 Å². The Morgan fingerprint density at radius 3 is 2.58 bits per heavy atom. The fourth-order valence-electron chi connectivity index (χ4n) is 3.14. The first-order chi connectivity index (χ1) is 11.5. The van der Waals surface area contributed by atoms with Crippen molar-refractivity contribution in [2.24, 2.45) is 0 Å². The van der Waals surface area contributed by atoms with Crippen molar-refractivity contribution in [3.8, 4) is 0 Å². The summed E-state index contributed by atoms with van der Waals surface area (Å²) >= 11 is 6.15. The van der Waals surface area contributed by atoms with Gasteiger partial charge in [0.1, 0.15) is 0 Å². The van der Waals surface area contributed by atoms with Gasteiger partial charge in [0, 0.05) is 49.4 Å². The Balaban J connectivity index is 1.46. The van der Waals surface area contributed by atoms with Crippen molar-refractivity contribution in [3.63, 3.8) is 0 Å². The maximum Gasteiger partial charge on any atom is 0.237 e. The van der Waals surface area contributed by atoms with E-state index in [0.717, 1.165) is 44.6 Å². The second-order valence-corrected chi connectivity index (χ2v) is 7.24. The van der Waals surface area contributed by atoms with Crippen LogP contribution in [-0.2, 0) is 4.79 Å². The van der Waals surface area contributed by atoms with Crippen LogP contribution in [-0.4, -0.2) is 65.6 Å². The van der Waals surface area contributed by atoms with Crippen molar-refractivity contribution in [3.05, 3.63) is 34.9 Å². The highest BCUT2D eigenvalue weighted by Gasteiger charge is 2.30. The van der Waals surface area contributed by atoms with Crippen LogP contribution in [0.1, 0.15) is 31.4 Å². The Labute approximate surface area is 148 Å². The number of carbonyl (C=O) groups is 1. The summed E-state index contributed by atoms with van der Waals surface area (Å²) in [6.45, 7) is 5.93. The zero-order valence-corrected chi connectivity index (χ0v) is 14.9. The van der Waals surface area contributed by atoms with Gasteiger partial charge in [0.05, 0.1) is 12.1 Å². The van der Waals surface area contributed by atoms with Gasteiger partial charge in [0.2, 0.25) is 5.91 Å². The summed E-state index contributed by atoms with van der Waals surface area (Å²) in [5, 5.41) is 14.1. The van der Waals surface area contributed by atoms with Crippen molar-refractivity contribution in [1.82, 2.24) is 15.1 Å². The van der Waals surface area contributed by atoms with Crippen molar-refractivity contribution in [2.75, 3.05) is 32.7 Å². The minimum Gasteiger partial charge on any atom is -0.387 e. The number of benzene rings is 1. The number of aliphatic hydroxyl groups is 1. The van der Waals surface area contributed by atoms with E-state index in [-0.39, 0.29) is 11.9 Å². The lowest BCUT2D eigenvalue weighted by molar-refractivity contribution is -0.126. The fraction of sp³-hybridized carbons (Fsp3) is 0.611. The van der Waals surface area contributed by atoms with Crippen LogP contribution in [0.5, 0.6) is 0 Å². The summed E-state index contributed by atoms with van der Waals surface area (Å²) in [6.07, 6.45) is 1.65. The smallest absolute Gasteiger partial charge is 0.237 e. The van der Waals surface area contributed by atoms with E-state index in [1.54, 1.807) is 6.07 Å². The molecule has 0 spiro atoms. The van der Waals surface area contributed by atoms with E-state index >= 15 is 0 Å². The topological polar surface area (TPSA) is 55.8 Å². The Morgan fingerprint density at radius 1 is 1.29 bits per heavy atom. The number of β-amino-alcohol motifs (C(OH)–C–C–N with tert-alkyl or cyclic N) is 1. The summed E-state index contributed by atoms with van der Waals surface area (Å²) in [5.41, 5.74) is 0.777. The van der Waals surface area contributed by atoms with Gasteiger partial charge in [-0.1, -0.05) is 29.8 Å². The number of hydrogen-bond donors (Lipinski definition) is 2. The summed E-state index contributed by atoms with van der Waals surface area (Å²) in [7, 11) is 0. The first-order valence-corrected chi connectivity index (χ1v) is 9.11. The molecule has 0 radical (unpaired) electrons. The second-order valence-electron chi connectivity index (χ2n) is 6.83. The molecule has 1 aliphatic carbocycles. The molecular weight excluding hydrogens is 326 g/mol. The van der Waals surface area contributed by atoms with Crippen molar-refractivity contribution in [2.45, 2.75) is 38.0 Å². The summed E-state index contributed by atoms with van der Waals surface area (Å²) in [5.74, 6) is 0.141. The average Bonchev–Trinajstić information content (AvgIpc) is 3.39. The minimum atomic E-state index is -0.583. The van der Waals surface area contributed by atoms with Gasteiger partial charge in [-0.15, -0.1) is 0 Å². The summed E-state index contributed by atoms with van der Waals surface area (Å²) < 4.78 is 0. The number of rotatable bonds is 6. The van der Waals surface area contributed by atoms with E-state index in [1.807, 2.05) is 25.1 Å². The normalized spacial score (nSPS) is 22.1. The van der Waals surface area contributed by atoms with Gasteiger partial charge in [-0.05, 0) is 25.8 Å². The monoisotopic (exact) mass is 351 g/mol. The highest BCUT2D eigenvalue weighted by molar-refractivity contribution is 6.31. The lowest BCUT2D eigenvalue weighted by Gasteiger charge is -2.38. The number of nitrogens with zero attached hydrogens (tertiary/aromatic N) is 2. The molecule has 2 atom stereocenters. The van der Waals surface area contributed by atoms with E-state index in [2.05, 4.69) is 15.1 Å². The van der Waals surface area contributed by atoms with Crippen LogP contribution in [0.25, 0.3) is 0 Å². The number of piperazine rings is 1. The van der Waals surface area contributed by atoms with E-state index in [1.165, 1.54) is 0 Å². The quantitative estimate of drug-likeness (QED) is 0.818. The first-order valence-electron chi connectivity index (χ1n) is 8.74. The predicted molar refractivity (Wildman–Crippen MR) is 95.1 cm³/mol. The number of hydrogen-bond acceptors (Lipinski definition) is 4. The van der Waals surface area contributed by atoms with Crippen molar-refractivity contribution >= 4 is 17.5 Å². The molecule has 5 nitrogen and oxygen atoms in total. The molecule has 1 amide bonds. The van der Waals surface area contributed by atoms with Crippen LogP contribution in [0.4, 0.5) is 0 Å². The lowest BCUT2D eigenvalue weighted by atomic mass is 10.1. The molecule has 0 bridgehead atoms. The summed E-state index contributed by atoms with van der Waals surface area (Å²) in [4.78, 5) is 16.6. The fourth-order valence-corrected chi connectivity index (χ4v) is 3.40. The van der Waals surface area contributed by atoms with Gasteiger partial charge >= 0.3 is 0 Å². The molecule has 132 valence electrons. The van der Waals surface area contributed by atoms with Crippen molar-refractivity contribution < 1.29 is 9.90 Å². The van der Waals surface area contributed by atoms with Crippen LogP contribution in [0.3, 0.4) is 0 Å². The van der Waals surface area contributed by atoms with Crippen LogP contribution < -0.4 is 5.32 Å². The standard InChI is InChI=1S/C18H26ClN3O2/c1-13(18(24)20-14-6-7-14)22-10-8-21(9-11-22)12-17(23)15-4-2-3-5-16(15)19/h2-5,13-14,17,23H,6-12H2,1H3,(H,20,24)/t13-,17+/m0/s1. The Morgan fingerprint density at radius 2 is 1.96 bits per heavy atom. The average molecular weight is 352 g/mol. The molecule has 3 rings (SSSR count). The molecule has 2 N–H and O–H groups in total. The first kappa shape index (κ1) is 17.7. The van der Waals surface area contributed by atoms with E-state index in [0.29, 0.717) is 17.6 Å². The highest BCUT2D eigenvalue weighted by Crippen LogP contribution is 2.24. The molecular formula is C18H26ClN3O2. The molecule has 1 aromatic carbocycles. The van der Waals surface area contributed by atoms with Crippen LogP contribution >= 0.6 is 11.6 Å². The number of amides is 1. The molecule has 2 fully saturated rings. The third-order valence-electron chi connectivity index (χ3n) is 4.95. The van der Waals surface area contributed by atoms with Gasteiger partial charge in [-0.25, -0.2) is 0 Å². The predicted octanol–water partition coefficient (Wildman–Crippen LogP) is 1.66. The molecule has 1 heterocycles. The van der Waals surface area contributed by atoms with Crippen LogP contribution in [0, 0.1) is 0 Å². The number of carbonyl (C=O) groups excluding carboxylic acids is 1. The third kappa shape index (κ3) is 4.48. The molecule has 1 aliphatic heterocycles. The molecule has 6 heteroatoms. The Hall–Kier alpha value is -1.14. The van der Waals surface area contributed by atoms with Gasteiger partial charge < -0.3 is 10.4 Å². The largest absolute Gasteiger partial charge is 0.387 e. The molecule has 1 aromatic rings. The SMILES string of the molecule is C[C@@H](C(=O)NC1CC1)N1CCN(C[C@@H](O)c2ccccc2Cl)CC1. The summed E-state index contributed by atoms with van der Waals surface area (Å²) in [6, 6.07) is 7.76. The molecule has 1 saturated carbocycles. The number of halogens is 1. The number of nitrogens with one attached hydrogen (secondary N) is 1. The van der Waals surface area contributed by atoms with Gasteiger partial charge in [0.15, 0.2) is 0 Å².